The molecule has 0 aromatic heterocycles. The maximum absolute atomic E-state index is 12.0. The van der Waals surface area contributed by atoms with Gasteiger partial charge in [-0.2, -0.15) is 0 Å². The van der Waals surface area contributed by atoms with Crippen LogP contribution in [-0.2, 0) is 4.79 Å². The van der Waals surface area contributed by atoms with Crippen molar-refractivity contribution in [3.63, 3.8) is 0 Å². The Hall–Kier alpha value is -1.26. The zero-order chi connectivity index (χ0) is 14.4. The van der Waals surface area contributed by atoms with Crippen molar-refractivity contribution in [3.8, 4) is 5.75 Å². The van der Waals surface area contributed by atoms with Crippen LogP contribution in [0.25, 0.3) is 0 Å². The molecule has 1 aromatic carbocycles. The summed E-state index contributed by atoms with van der Waals surface area (Å²) in [7, 11) is 1.94. The number of amides is 1. The van der Waals surface area contributed by atoms with Gasteiger partial charge in [0.2, 0.25) is 5.91 Å². The van der Waals surface area contributed by atoms with Gasteiger partial charge in [-0.1, -0.05) is 17.7 Å². The van der Waals surface area contributed by atoms with E-state index < -0.39 is 0 Å². The summed E-state index contributed by atoms with van der Waals surface area (Å²) < 4.78 is 5.61. The Kier molecular flexibility index (Phi) is 5.68. The highest BCUT2D eigenvalue weighted by molar-refractivity contribution is 6.30. The molecule has 0 N–H and O–H groups in total. The summed E-state index contributed by atoms with van der Waals surface area (Å²) >= 11 is 5.89. The average molecular weight is 297 g/mol. The fourth-order valence-electron chi connectivity index (χ4n) is 2.25. The molecule has 0 aliphatic carbocycles. The van der Waals surface area contributed by atoms with Crippen molar-refractivity contribution >= 4 is 17.5 Å². The number of likely N-dealkylation sites (N-methyl/N-ethyl adjacent to an activating group) is 1. The molecule has 1 heterocycles. The smallest absolute Gasteiger partial charge is 0.236 e. The molecular formula is C15H21ClN2O2. The zero-order valence-corrected chi connectivity index (χ0v) is 12.6. The number of benzene rings is 1. The van der Waals surface area contributed by atoms with Crippen molar-refractivity contribution in [2.24, 2.45) is 0 Å². The molecule has 1 aliphatic rings. The van der Waals surface area contributed by atoms with Crippen molar-refractivity contribution in [1.29, 1.82) is 0 Å². The van der Waals surface area contributed by atoms with Crippen molar-refractivity contribution in [2.75, 3.05) is 39.8 Å². The summed E-state index contributed by atoms with van der Waals surface area (Å²) in [5, 5.41) is 0.667. The Bertz CT molecular complexity index is 447. The lowest BCUT2D eigenvalue weighted by molar-refractivity contribution is -0.131. The number of hydrogen-bond acceptors (Lipinski definition) is 3. The Morgan fingerprint density at radius 2 is 2.15 bits per heavy atom. The van der Waals surface area contributed by atoms with Gasteiger partial charge in [-0.25, -0.2) is 0 Å². The number of hydrogen-bond donors (Lipinski definition) is 0. The number of ether oxygens (including phenoxy) is 1. The predicted molar refractivity (Wildman–Crippen MR) is 80.3 cm³/mol. The Morgan fingerprint density at radius 3 is 2.85 bits per heavy atom. The highest BCUT2D eigenvalue weighted by Gasteiger charge is 2.18. The quantitative estimate of drug-likeness (QED) is 0.807. The second-order valence-corrected chi connectivity index (χ2v) is 5.57. The van der Waals surface area contributed by atoms with Crippen LogP contribution in [0, 0.1) is 0 Å². The van der Waals surface area contributed by atoms with Crippen molar-refractivity contribution in [3.05, 3.63) is 29.3 Å². The minimum absolute atomic E-state index is 0.216. The molecular weight excluding hydrogens is 276 g/mol. The maximum Gasteiger partial charge on any atom is 0.236 e. The second-order valence-electron chi connectivity index (χ2n) is 5.13. The summed E-state index contributed by atoms with van der Waals surface area (Å²) in [5.41, 5.74) is 0. The third-order valence-corrected chi connectivity index (χ3v) is 3.64. The van der Waals surface area contributed by atoms with Gasteiger partial charge in [-0.3, -0.25) is 9.69 Å². The summed E-state index contributed by atoms with van der Waals surface area (Å²) in [4.78, 5) is 15.9. The maximum atomic E-state index is 12.0. The van der Waals surface area contributed by atoms with E-state index in [1.807, 2.05) is 35.0 Å². The fourth-order valence-corrected chi connectivity index (χ4v) is 2.43. The highest BCUT2D eigenvalue weighted by atomic mass is 35.5. The van der Waals surface area contributed by atoms with E-state index in [1.165, 1.54) is 0 Å². The first-order valence-corrected chi connectivity index (χ1v) is 7.37. The van der Waals surface area contributed by atoms with Gasteiger partial charge in [0.25, 0.3) is 0 Å². The minimum atomic E-state index is 0.216. The first kappa shape index (κ1) is 15.1. The Morgan fingerprint density at radius 1 is 1.40 bits per heavy atom. The normalized spacial score (nSPS) is 14.8. The lowest BCUT2D eigenvalue weighted by Crippen LogP contribution is -2.38. The molecule has 1 amide bonds. The molecule has 1 aliphatic heterocycles. The SMILES string of the molecule is CN(CCOc1cccc(Cl)c1)CC(=O)N1CCCC1. The Balaban J connectivity index is 1.67. The van der Waals surface area contributed by atoms with Crippen LogP contribution in [0.15, 0.2) is 24.3 Å². The number of halogens is 1. The van der Waals surface area contributed by atoms with Gasteiger partial charge in [0.1, 0.15) is 12.4 Å². The zero-order valence-electron chi connectivity index (χ0n) is 11.8. The van der Waals surface area contributed by atoms with Gasteiger partial charge in [-0.05, 0) is 38.1 Å². The number of rotatable bonds is 6. The standard InChI is InChI=1S/C15H21ClN2O2/c1-17(12-15(19)18-7-2-3-8-18)9-10-20-14-6-4-5-13(16)11-14/h4-6,11H,2-3,7-10,12H2,1H3. The molecule has 1 saturated heterocycles. The van der Waals surface area contributed by atoms with E-state index in [1.54, 1.807) is 6.07 Å². The summed E-state index contributed by atoms with van der Waals surface area (Å²) in [5.74, 6) is 0.976. The van der Waals surface area contributed by atoms with E-state index in [2.05, 4.69) is 0 Å². The van der Waals surface area contributed by atoms with Crippen molar-refractivity contribution < 1.29 is 9.53 Å². The largest absolute Gasteiger partial charge is 0.492 e. The molecule has 0 atom stereocenters. The molecule has 0 bridgehead atoms. The molecule has 0 unspecified atom stereocenters. The molecule has 0 spiro atoms. The minimum Gasteiger partial charge on any atom is -0.492 e. The van der Waals surface area contributed by atoms with Crippen LogP contribution in [0.1, 0.15) is 12.8 Å². The number of carbonyl (C=O) groups excluding carboxylic acids is 1. The first-order chi connectivity index (χ1) is 9.65. The van der Waals surface area contributed by atoms with E-state index in [4.69, 9.17) is 16.3 Å². The Labute approximate surface area is 125 Å². The third kappa shape index (κ3) is 4.69. The molecule has 110 valence electrons. The fraction of sp³-hybridized carbons (Fsp3) is 0.533. The molecule has 1 fully saturated rings. The lowest BCUT2D eigenvalue weighted by atomic mass is 10.3. The van der Waals surface area contributed by atoms with Crippen LogP contribution in [0.2, 0.25) is 5.02 Å². The van der Waals surface area contributed by atoms with Crippen LogP contribution in [0.5, 0.6) is 5.75 Å². The molecule has 0 saturated carbocycles. The van der Waals surface area contributed by atoms with Crippen LogP contribution in [0.4, 0.5) is 0 Å². The molecule has 0 radical (unpaired) electrons. The molecule has 20 heavy (non-hydrogen) atoms. The van der Waals surface area contributed by atoms with Gasteiger partial charge in [0.15, 0.2) is 0 Å². The number of nitrogens with zero attached hydrogens (tertiary/aromatic N) is 2. The third-order valence-electron chi connectivity index (χ3n) is 3.40. The van der Waals surface area contributed by atoms with Crippen LogP contribution in [-0.4, -0.2) is 55.5 Å². The van der Waals surface area contributed by atoms with Gasteiger partial charge in [0.05, 0.1) is 6.54 Å². The van der Waals surface area contributed by atoms with Crippen molar-refractivity contribution in [2.45, 2.75) is 12.8 Å². The second kappa shape index (κ2) is 7.50. The summed E-state index contributed by atoms with van der Waals surface area (Å²) in [6.07, 6.45) is 2.26. The van der Waals surface area contributed by atoms with Crippen LogP contribution >= 0.6 is 11.6 Å². The molecule has 1 aromatic rings. The van der Waals surface area contributed by atoms with Crippen LogP contribution in [0.3, 0.4) is 0 Å². The van der Waals surface area contributed by atoms with E-state index in [-0.39, 0.29) is 5.91 Å². The van der Waals surface area contributed by atoms with Gasteiger partial charge < -0.3 is 9.64 Å². The van der Waals surface area contributed by atoms with Crippen LogP contribution < -0.4 is 4.74 Å². The first-order valence-electron chi connectivity index (χ1n) is 7.00. The van der Waals surface area contributed by atoms with E-state index in [0.717, 1.165) is 31.7 Å². The van der Waals surface area contributed by atoms with Crippen molar-refractivity contribution in [1.82, 2.24) is 9.80 Å². The summed E-state index contributed by atoms with van der Waals surface area (Å²) in [6.45, 7) is 3.53. The predicted octanol–water partition coefficient (Wildman–Crippen LogP) is 2.27. The molecule has 2 rings (SSSR count). The van der Waals surface area contributed by atoms with Gasteiger partial charge >= 0.3 is 0 Å². The monoisotopic (exact) mass is 296 g/mol. The number of carbonyl (C=O) groups is 1. The average Bonchev–Trinajstić information content (AvgIpc) is 2.92. The topological polar surface area (TPSA) is 32.8 Å². The van der Waals surface area contributed by atoms with E-state index >= 15 is 0 Å². The van der Waals surface area contributed by atoms with Gasteiger partial charge in [0, 0.05) is 24.7 Å². The van der Waals surface area contributed by atoms with E-state index in [9.17, 15) is 4.79 Å². The summed E-state index contributed by atoms with van der Waals surface area (Å²) in [6, 6.07) is 7.34. The lowest BCUT2D eigenvalue weighted by Gasteiger charge is -2.21. The molecule has 4 nitrogen and oxygen atoms in total. The molecule has 5 heteroatoms. The number of likely N-dealkylation sites (tertiary alicyclic amines) is 1. The van der Waals surface area contributed by atoms with E-state index in [0.29, 0.717) is 24.7 Å². The van der Waals surface area contributed by atoms with Gasteiger partial charge in [-0.15, -0.1) is 0 Å². The highest BCUT2D eigenvalue weighted by Crippen LogP contribution is 2.16.